The molecular weight excluding hydrogens is 228 g/mol. The van der Waals surface area contributed by atoms with Crippen LogP contribution in [0.25, 0.3) is 0 Å². The van der Waals surface area contributed by atoms with E-state index in [4.69, 9.17) is 0 Å². The van der Waals surface area contributed by atoms with Crippen LogP contribution < -0.4 is 5.32 Å². The highest BCUT2D eigenvalue weighted by atomic mass is 16.3. The molecule has 0 aliphatic heterocycles. The second-order valence-corrected chi connectivity index (χ2v) is 5.02. The average molecular weight is 250 g/mol. The van der Waals surface area contributed by atoms with Gasteiger partial charge in [-0.3, -0.25) is 4.79 Å². The maximum atomic E-state index is 12.2. The third kappa shape index (κ3) is 2.93. The van der Waals surface area contributed by atoms with Crippen molar-refractivity contribution in [3.8, 4) is 0 Å². The lowest BCUT2D eigenvalue weighted by atomic mass is 9.92. The highest BCUT2D eigenvalue weighted by molar-refractivity contribution is 5.93. The lowest BCUT2D eigenvalue weighted by Gasteiger charge is -2.28. The molecule has 1 fully saturated rings. The van der Waals surface area contributed by atoms with Gasteiger partial charge in [0.2, 0.25) is 0 Å². The van der Waals surface area contributed by atoms with Crippen molar-refractivity contribution in [2.24, 2.45) is 0 Å². The molecule has 4 nitrogen and oxygen atoms in total. The smallest absolute Gasteiger partial charge is 0.268 e. The zero-order valence-corrected chi connectivity index (χ0v) is 10.9. The molecule has 2 atom stereocenters. The fraction of sp³-hybridized carbons (Fsp3) is 0.643. The number of carbonyl (C=O) groups excluding carboxylic acids is 1. The van der Waals surface area contributed by atoms with Crippen molar-refractivity contribution in [2.75, 3.05) is 0 Å². The van der Waals surface area contributed by atoms with Crippen molar-refractivity contribution in [3.05, 3.63) is 24.0 Å². The summed E-state index contributed by atoms with van der Waals surface area (Å²) in [4.78, 5) is 12.2. The van der Waals surface area contributed by atoms with Gasteiger partial charge in [-0.15, -0.1) is 0 Å². The number of aliphatic hydroxyl groups is 1. The van der Waals surface area contributed by atoms with Crippen LogP contribution in [0.2, 0.25) is 0 Å². The molecule has 0 bridgehead atoms. The van der Waals surface area contributed by atoms with Crippen LogP contribution in [-0.4, -0.2) is 27.7 Å². The Balaban J connectivity index is 2.00. The first-order valence-corrected chi connectivity index (χ1v) is 6.86. The van der Waals surface area contributed by atoms with Crippen LogP contribution in [0.5, 0.6) is 0 Å². The predicted octanol–water partition coefficient (Wildman–Crippen LogP) is 1.93. The van der Waals surface area contributed by atoms with Crippen molar-refractivity contribution >= 4 is 5.91 Å². The largest absolute Gasteiger partial charge is 0.391 e. The maximum Gasteiger partial charge on any atom is 0.268 e. The van der Waals surface area contributed by atoms with E-state index in [2.05, 4.69) is 12.2 Å². The molecule has 1 aliphatic rings. The van der Waals surface area contributed by atoms with Gasteiger partial charge in [0, 0.05) is 12.7 Å². The lowest BCUT2D eigenvalue weighted by molar-refractivity contribution is 0.0710. The Hall–Kier alpha value is -1.29. The van der Waals surface area contributed by atoms with Gasteiger partial charge in [-0.05, 0) is 31.4 Å². The first-order valence-electron chi connectivity index (χ1n) is 6.86. The summed E-state index contributed by atoms with van der Waals surface area (Å²) in [5.41, 5.74) is 0.689. The summed E-state index contributed by atoms with van der Waals surface area (Å²) in [6.45, 7) is 2.94. The predicted molar refractivity (Wildman–Crippen MR) is 70.5 cm³/mol. The third-order valence-corrected chi connectivity index (χ3v) is 3.57. The molecule has 2 rings (SSSR count). The molecule has 0 saturated heterocycles. The number of rotatable bonds is 4. The van der Waals surface area contributed by atoms with E-state index in [1.807, 2.05) is 22.9 Å². The SMILES string of the molecule is CCCn1cccc1C(=O)N[C@H]1CCCC[C@@H]1O. The Kier molecular flexibility index (Phi) is 4.42. The van der Waals surface area contributed by atoms with E-state index in [9.17, 15) is 9.90 Å². The van der Waals surface area contributed by atoms with Crippen molar-refractivity contribution in [1.29, 1.82) is 0 Å². The summed E-state index contributed by atoms with van der Waals surface area (Å²) < 4.78 is 1.96. The summed E-state index contributed by atoms with van der Waals surface area (Å²) in [7, 11) is 0. The number of aromatic nitrogens is 1. The molecule has 0 aromatic carbocycles. The van der Waals surface area contributed by atoms with Crippen LogP contribution in [0.3, 0.4) is 0 Å². The first kappa shape index (κ1) is 13.1. The van der Waals surface area contributed by atoms with Crippen LogP contribution >= 0.6 is 0 Å². The number of amides is 1. The summed E-state index contributed by atoms with van der Waals surface area (Å²) in [5.74, 6) is -0.0700. The molecule has 0 unspecified atom stereocenters. The van der Waals surface area contributed by atoms with E-state index in [0.717, 1.165) is 38.6 Å². The average Bonchev–Trinajstić information content (AvgIpc) is 2.81. The van der Waals surface area contributed by atoms with Gasteiger partial charge in [-0.1, -0.05) is 19.8 Å². The second-order valence-electron chi connectivity index (χ2n) is 5.02. The molecule has 0 radical (unpaired) electrons. The topological polar surface area (TPSA) is 54.3 Å². The van der Waals surface area contributed by atoms with Gasteiger partial charge >= 0.3 is 0 Å². The minimum absolute atomic E-state index is 0.0700. The molecule has 4 heteroatoms. The highest BCUT2D eigenvalue weighted by Gasteiger charge is 2.25. The van der Waals surface area contributed by atoms with Crippen LogP contribution in [0.15, 0.2) is 18.3 Å². The number of aliphatic hydroxyl groups excluding tert-OH is 1. The van der Waals surface area contributed by atoms with E-state index < -0.39 is 6.10 Å². The van der Waals surface area contributed by atoms with Crippen molar-refractivity contribution in [2.45, 2.75) is 57.7 Å². The Bertz CT molecular complexity index is 400. The quantitative estimate of drug-likeness (QED) is 0.858. The van der Waals surface area contributed by atoms with Crippen molar-refractivity contribution in [1.82, 2.24) is 9.88 Å². The molecule has 1 heterocycles. The van der Waals surface area contributed by atoms with Crippen molar-refractivity contribution < 1.29 is 9.90 Å². The lowest BCUT2D eigenvalue weighted by Crippen LogP contribution is -2.45. The molecule has 1 aromatic heterocycles. The van der Waals surface area contributed by atoms with Gasteiger partial charge in [0.05, 0.1) is 12.1 Å². The van der Waals surface area contributed by atoms with Gasteiger partial charge in [0.1, 0.15) is 5.69 Å². The number of nitrogens with one attached hydrogen (secondary N) is 1. The standard InChI is InChI=1S/C14H22N2O2/c1-2-9-16-10-5-7-12(16)14(18)15-11-6-3-4-8-13(11)17/h5,7,10-11,13,17H,2-4,6,8-9H2,1H3,(H,15,18)/t11-,13-/m0/s1. The van der Waals surface area contributed by atoms with Gasteiger partial charge < -0.3 is 15.0 Å². The monoisotopic (exact) mass is 250 g/mol. The Labute approximate surface area is 108 Å². The molecule has 1 aromatic rings. The second kappa shape index (κ2) is 6.05. The van der Waals surface area contributed by atoms with Crippen molar-refractivity contribution in [3.63, 3.8) is 0 Å². The molecule has 100 valence electrons. The van der Waals surface area contributed by atoms with Crippen LogP contribution in [0.4, 0.5) is 0 Å². The molecular formula is C14H22N2O2. The minimum atomic E-state index is -0.391. The van der Waals surface area contributed by atoms with E-state index in [0.29, 0.717) is 5.69 Å². The minimum Gasteiger partial charge on any atom is -0.391 e. The molecule has 2 N–H and O–H groups in total. The number of hydrogen-bond donors (Lipinski definition) is 2. The summed E-state index contributed by atoms with van der Waals surface area (Å²) in [5, 5.41) is 12.8. The Morgan fingerprint density at radius 1 is 1.50 bits per heavy atom. The fourth-order valence-corrected chi connectivity index (χ4v) is 2.58. The van der Waals surface area contributed by atoms with Crippen LogP contribution in [0.1, 0.15) is 49.5 Å². The maximum absolute atomic E-state index is 12.2. The summed E-state index contributed by atoms with van der Waals surface area (Å²) >= 11 is 0. The first-order chi connectivity index (χ1) is 8.72. The number of nitrogens with zero attached hydrogens (tertiary/aromatic N) is 1. The molecule has 1 amide bonds. The summed E-state index contributed by atoms with van der Waals surface area (Å²) in [6, 6.07) is 3.64. The number of hydrogen-bond acceptors (Lipinski definition) is 2. The summed E-state index contributed by atoms with van der Waals surface area (Å²) in [6.07, 6.45) is 6.34. The highest BCUT2D eigenvalue weighted by Crippen LogP contribution is 2.18. The van der Waals surface area contributed by atoms with Gasteiger partial charge in [0.15, 0.2) is 0 Å². The Morgan fingerprint density at radius 3 is 3.00 bits per heavy atom. The number of carbonyl (C=O) groups is 1. The zero-order valence-electron chi connectivity index (χ0n) is 10.9. The van der Waals surface area contributed by atoms with Gasteiger partial charge in [-0.25, -0.2) is 0 Å². The van der Waals surface area contributed by atoms with E-state index in [1.54, 1.807) is 0 Å². The van der Waals surface area contributed by atoms with Gasteiger partial charge in [-0.2, -0.15) is 0 Å². The van der Waals surface area contributed by atoms with E-state index >= 15 is 0 Å². The fourth-order valence-electron chi connectivity index (χ4n) is 2.58. The van der Waals surface area contributed by atoms with Gasteiger partial charge in [0.25, 0.3) is 5.91 Å². The molecule has 1 aliphatic carbocycles. The van der Waals surface area contributed by atoms with Crippen LogP contribution in [-0.2, 0) is 6.54 Å². The third-order valence-electron chi connectivity index (χ3n) is 3.57. The molecule has 18 heavy (non-hydrogen) atoms. The van der Waals surface area contributed by atoms with E-state index in [-0.39, 0.29) is 11.9 Å². The zero-order chi connectivity index (χ0) is 13.0. The molecule has 0 spiro atoms. The number of aryl methyl sites for hydroxylation is 1. The normalized spacial score (nSPS) is 23.9. The van der Waals surface area contributed by atoms with Crippen LogP contribution in [0, 0.1) is 0 Å². The van der Waals surface area contributed by atoms with E-state index in [1.165, 1.54) is 0 Å². The molecule has 1 saturated carbocycles. The Morgan fingerprint density at radius 2 is 2.28 bits per heavy atom.